The van der Waals surface area contributed by atoms with Gasteiger partial charge in [-0.25, -0.2) is 9.69 Å². The van der Waals surface area contributed by atoms with Gasteiger partial charge in [-0.05, 0) is 37.1 Å². The molecule has 2 heterocycles. The highest BCUT2D eigenvalue weighted by atomic mass is 35.5. The van der Waals surface area contributed by atoms with Gasteiger partial charge in [0.15, 0.2) is 0 Å². The Morgan fingerprint density at radius 2 is 1.57 bits per heavy atom. The fraction of sp³-hybridized carbons (Fsp3) is 0.286. The molecule has 0 spiro atoms. The molecule has 2 aromatic carbocycles. The molecular formula is C21H20ClN3O3. The van der Waals surface area contributed by atoms with Crippen molar-refractivity contribution in [1.29, 1.82) is 0 Å². The van der Waals surface area contributed by atoms with Crippen LogP contribution in [-0.2, 0) is 4.79 Å². The zero-order valence-electron chi connectivity index (χ0n) is 15.3. The molecule has 4 rings (SSSR count). The summed E-state index contributed by atoms with van der Waals surface area (Å²) in [5.41, 5.74) is 1.08. The van der Waals surface area contributed by atoms with Crippen molar-refractivity contribution in [3.8, 4) is 0 Å². The van der Waals surface area contributed by atoms with Crippen LogP contribution < -0.4 is 4.90 Å². The fourth-order valence-corrected chi connectivity index (χ4v) is 4.04. The van der Waals surface area contributed by atoms with E-state index in [-0.39, 0.29) is 30.4 Å². The lowest BCUT2D eigenvalue weighted by Crippen LogP contribution is -2.48. The Balaban J connectivity index is 1.42. The first-order valence-electron chi connectivity index (χ1n) is 9.28. The van der Waals surface area contributed by atoms with E-state index in [1.54, 1.807) is 58.3 Å². The number of amides is 4. The Morgan fingerprint density at radius 3 is 2.25 bits per heavy atom. The van der Waals surface area contributed by atoms with Gasteiger partial charge in [-0.1, -0.05) is 41.9 Å². The van der Waals surface area contributed by atoms with Gasteiger partial charge in [0.25, 0.3) is 11.8 Å². The predicted octanol–water partition coefficient (Wildman–Crippen LogP) is 3.41. The largest absolute Gasteiger partial charge is 0.338 e. The molecule has 0 radical (unpaired) electrons. The van der Waals surface area contributed by atoms with E-state index in [4.69, 9.17) is 11.6 Å². The highest BCUT2D eigenvalue weighted by Crippen LogP contribution is 2.27. The van der Waals surface area contributed by atoms with E-state index in [2.05, 4.69) is 0 Å². The number of benzene rings is 2. The van der Waals surface area contributed by atoms with Gasteiger partial charge >= 0.3 is 6.03 Å². The topological polar surface area (TPSA) is 60.9 Å². The minimum Gasteiger partial charge on any atom is -0.338 e. The smallest absolute Gasteiger partial charge is 0.332 e. The minimum atomic E-state index is -0.285. The number of rotatable bonds is 3. The molecule has 0 unspecified atom stereocenters. The monoisotopic (exact) mass is 397 g/mol. The third-order valence-electron chi connectivity index (χ3n) is 5.30. The van der Waals surface area contributed by atoms with Crippen LogP contribution in [0.4, 0.5) is 10.5 Å². The molecule has 0 bridgehead atoms. The summed E-state index contributed by atoms with van der Waals surface area (Å²) in [4.78, 5) is 42.6. The van der Waals surface area contributed by atoms with Crippen LogP contribution in [0.5, 0.6) is 0 Å². The average Bonchev–Trinajstić information content (AvgIpc) is 3.02. The van der Waals surface area contributed by atoms with E-state index in [0.717, 1.165) is 0 Å². The first-order chi connectivity index (χ1) is 13.6. The van der Waals surface area contributed by atoms with Gasteiger partial charge in [-0.15, -0.1) is 0 Å². The number of imide groups is 1. The number of likely N-dealkylation sites (tertiary alicyclic amines) is 1. The number of halogens is 1. The van der Waals surface area contributed by atoms with Gasteiger partial charge < -0.3 is 9.80 Å². The lowest BCUT2D eigenvalue weighted by molar-refractivity contribution is -0.116. The molecule has 0 aliphatic carbocycles. The first-order valence-corrected chi connectivity index (χ1v) is 9.66. The number of nitrogens with zero attached hydrogens (tertiary/aromatic N) is 3. The summed E-state index contributed by atoms with van der Waals surface area (Å²) in [7, 11) is 0. The highest BCUT2D eigenvalue weighted by molar-refractivity contribution is 6.33. The molecule has 2 aliphatic heterocycles. The van der Waals surface area contributed by atoms with Crippen LogP contribution in [0.15, 0.2) is 54.6 Å². The molecule has 0 saturated carbocycles. The van der Waals surface area contributed by atoms with Crippen molar-refractivity contribution in [3.05, 3.63) is 65.2 Å². The third-order valence-corrected chi connectivity index (χ3v) is 5.63. The number of hydrogen-bond acceptors (Lipinski definition) is 3. The van der Waals surface area contributed by atoms with Crippen LogP contribution in [-0.4, -0.2) is 53.3 Å². The van der Waals surface area contributed by atoms with E-state index in [1.165, 1.54) is 4.90 Å². The quantitative estimate of drug-likeness (QED) is 0.745. The van der Waals surface area contributed by atoms with Crippen molar-refractivity contribution in [2.45, 2.75) is 18.9 Å². The first kappa shape index (κ1) is 18.5. The molecule has 4 amide bonds. The summed E-state index contributed by atoms with van der Waals surface area (Å²) in [6.45, 7) is 1.13. The zero-order valence-corrected chi connectivity index (χ0v) is 16.0. The normalized spacial score (nSPS) is 18.1. The van der Waals surface area contributed by atoms with Gasteiger partial charge in [-0.2, -0.15) is 0 Å². The number of carbonyl (C=O) groups excluding carboxylic acids is 3. The number of piperidine rings is 1. The molecule has 2 aliphatic rings. The Morgan fingerprint density at radius 1 is 0.929 bits per heavy atom. The second kappa shape index (κ2) is 7.64. The predicted molar refractivity (Wildman–Crippen MR) is 106 cm³/mol. The van der Waals surface area contributed by atoms with Crippen molar-refractivity contribution >= 4 is 35.1 Å². The summed E-state index contributed by atoms with van der Waals surface area (Å²) in [5.74, 6) is -0.315. The highest BCUT2D eigenvalue weighted by Gasteiger charge is 2.41. The third kappa shape index (κ3) is 3.36. The second-order valence-corrected chi connectivity index (χ2v) is 7.39. The van der Waals surface area contributed by atoms with E-state index < -0.39 is 0 Å². The van der Waals surface area contributed by atoms with Crippen LogP contribution in [0.2, 0.25) is 5.02 Å². The van der Waals surface area contributed by atoms with Gasteiger partial charge in [-0.3, -0.25) is 9.59 Å². The van der Waals surface area contributed by atoms with Crippen molar-refractivity contribution in [2.75, 3.05) is 24.5 Å². The summed E-state index contributed by atoms with van der Waals surface area (Å²) >= 11 is 6.14. The maximum Gasteiger partial charge on any atom is 0.332 e. The van der Waals surface area contributed by atoms with Crippen LogP contribution in [0.3, 0.4) is 0 Å². The maximum absolute atomic E-state index is 12.8. The Bertz CT molecular complexity index is 910. The van der Waals surface area contributed by atoms with Gasteiger partial charge in [0.1, 0.15) is 6.54 Å². The van der Waals surface area contributed by atoms with Crippen molar-refractivity contribution in [3.63, 3.8) is 0 Å². The van der Waals surface area contributed by atoms with Gasteiger partial charge in [0.2, 0.25) is 0 Å². The van der Waals surface area contributed by atoms with E-state index in [0.29, 0.717) is 42.2 Å². The Kier molecular flexibility index (Phi) is 5.05. The molecule has 0 atom stereocenters. The van der Waals surface area contributed by atoms with Crippen LogP contribution in [0.1, 0.15) is 23.2 Å². The number of para-hydroxylation sites is 1. The summed E-state index contributed by atoms with van der Waals surface area (Å²) in [6, 6.07) is 15.6. The molecule has 0 aromatic heterocycles. The number of carbonyl (C=O) groups is 3. The second-order valence-electron chi connectivity index (χ2n) is 6.98. The molecule has 2 fully saturated rings. The lowest BCUT2D eigenvalue weighted by Gasteiger charge is -2.36. The van der Waals surface area contributed by atoms with Gasteiger partial charge in [0.05, 0.1) is 16.3 Å². The lowest BCUT2D eigenvalue weighted by atomic mass is 10.0. The molecular weight excluding hydrogens is 378 g/mol. The summed E-state index contributed by atoms with van der Waals surface area (Å²) in [6.07, 6.45) is 1.27. The van der Waals surface area contributed by atoms with E-state index in [1.807, 2.05) is 6.07 Å². The van der Waals surface area contributed by atoms with Crippen molar-refractivity contribution < 1.29 is 14.4 Å². The van der Waals surface area contributed by atoms with E-state index >= 15 is 0 Å². The maximum atomic E-state index is 12.8. The fourth-order valence-electron chi connectivity index (χ4n) is 3.82. The molecule has 2 saturated heterocycles. The standard InChI is InChI=1S/C21H20ClN3O3/c22-18-9-5-4-8-17(18)20(27)23-12-10-15(11-13-23)24-14-19(26)25(21(24)28)16-6-2-1-3-7-16/h1-9,15H,10-14H2. The molecule has 2 aromatic rings. The SMILES string of the molecule is O=C(c1ccccc1Cl)N1CCC(N2CC(=O)N(c3ccccc3)C2=O)CC1. The van der Waals surface area contributed by atoms with Crippen LogP contribution in [0.25, 0.3) is 0 Å². The van der Waals surface area contributed by atoms with Crippen LogP contribution >= 0.6 is 11.6 Å². The Labute approximate surface area is 168 Å². The average molecular weight is 398 g/mol. The number of urea groups is 1. The molecule has 144 valence electrons. The Hall–Kier alpha value is -2.86. The van der Waals surface area contributed by atoms with E-state index in [9.17, 15) is 14.4 Å². The summed E-state index contributed by atoms with van der Waals surface area (Å²) < 4.78 is 0. The molecule has 0 N–H and O–H groups in total. The molecule has 28 heavy (non-hydrogen) atoms. The van der Waals surface area contributed by atoms with Crippen molar-refractivity contribution in [2.24, 2.45) is 0 Å². The number of anilines is 1. The molecule has 6 nitrogen and oxygen atoms in total. The molecule has 7 heteroatoms. The van der Waals surface area contributed by atoms with Crippen LogP contribution in [0, 0.1) is 0 Å². The van der Waals surface area contributed by atoms with Crippen molar-refractivity contribution in [1.82, 2.24) is 9.80 Å². The zero-order chi connectivity index (χ0) is 19.7. The van der Waals surface area contributed by atoms with Gasteiger partial charge in [0, 0.05) is 19.1 Å². The number of hydrogen-bond donors (Lipinski definition) is 0. The summed E-state index contributed by atoms with van der Waals surface area (Å²) in [5, 5.41) is 0.438. The minimum absolute atomic E-state index is 0.0551.